The van der Waals surface area contributed by atoms with Gasteiger partial charge >= 0.3 is 5.97 Å². The van der Waals surface area contributed by atoms with Gasteiger partial charge in [0.15, 0.2) is 0 Å². The van der Waals surface area contributed by atoms with E-state index in [9.17, 15) is 9.59 Å². The number of fused-ring (bicyclic) bond motifs is 1. The van der Waals surface area contributed by atoms with Crippen LogP contribution in [0.3, 0.4) is 0 Å². The van der Waals surface area contributed by atoms with Crippen LogP contribution in [0.1, 0.15) is 21.1 Å². The van der Waals surface area contributed by atoms with E-state index >= 15 is 0 Å². The number of esters is 1. The molecular weight excluding hydrogens is 352 g/mol. The Bertz CT molecular complexity index is 903. The average Bonchev–Trinajstić information content (AvgIpc) is 3.15. The molecule has 0 fully saturated rings. The van der Waals surface area contributed by atoms with Gasteiger partial charge in [0.1, 0.15) is 29.5 Å². The predicted octanol–water partition coefficient (Wildman–Crippen LogP) is 3.32. The fraction of sp³-hybridized carbons (Fsp3) is 0.188. The third-order valence-corrected chi connectivity index (χ3v) is 4.87. The van der Waals surface area contributed by atoms with E-state index in [1.807, 2.05) is 24.3 Å². The first kappa shape index (κ1) is 16.5. The molecule has 1 aromatic carbocycles. The zero-order valence-corrected chi connectivity index (χ0v) is 14.2. The minimum Gasteiger partial charge on any atom is -0.458 e. The highest BCUT2D eigenvalue weighted by Gasteiger charge is 2.17. The third kappa shape index (κ3) is 3.58. The SMILES string of the molecule is Cc1cc(COC(=O)CNC(=O)c2sc3ccccc3c2Cl)no1. The maximum absolute atomic E-state index is 12.2. The van der Waals surface area contributed by atoms with E-state index in [4.69, 9.17) is 20.9 Å². The molecule has 3 aromatic rings. The third-order valence-electron chi connectivity index (χ3n) is 3.19. The number of hydrogen-bond acceptors (Lipinski definition) is 6. The molecule has 0 saturated carbocycles. The number of aryl methyl sites for hydroxylation is 1. The molecule has 0 unspecified atom stereocenters. The van der Waals surface area contributed by atoms with Crippen LogP contribution in [0.25, 0.3) is 10.1 Å². The predicted molar refractivity (Wildman–Crippen MR) is 90.2 cm³/mol. The van der Waals surface area contributed by atoms with E-state index in [0.717, 1.165) is 10.1 Å². The van der Waals surface area contributed by atoms with Crippen LogP contribution in [0, 0.1) is 6.92 Å². The number of carbonyl (C=O) groups excluding carboxylic acids is 2. The number of benzene rings is 1. The molecule has 0 atom stereocenters. The van der Waals surface area contributed by atoms with Crippen LogP contribution in [0.5, 0.6) is 0 Å². The number of carbonyl (C=O) groups is 2. The average molecular weight is 365 g/mol. The molecule has 24 heavy (non-hydrogen) atoms. The van der Waals surface area contributed by atoms with Gasteiger partial charge < -0.3 is 14.6 Å². The molecule has 3 rings (SSSR count). The molecule has 0 radical (unpaired) electrons. The second-order valence-corrected chi connectivity index (χ2v) is 6.44. The van der Waals surface area contributed by atoms with E-state index in [0.29, 0.717) is 21.4 Å². The molecule has 2 aromatic heterocycles. The monoisotopic (exact) mass is 364 g/mol. The summed E-state index contributed by atoms with van der Waals surface area (Å²) in [5, 5.41) is 7.43. The van der Waals surface area contributed by atoms with Crippen molar-refractivity contribution in [3.63, 3.8) is 0 Å². The number of thiophene rings is 1. The minimum absolute atomic E-state index is 0.00428. The highest BCUT2D eigenvalue weighted by atomic mass is 35.5. The summed E-state index contributed by atoms with van der Waals surface area (Å²) in [4.78, 5) is 24.3. The highest BCUT2D eigenvalue weighted by molar-refractivity contribution is 7.21. The number of ether oxygens (including phenoxy) is 1. The maximum Gasteiger partial charge on any atom is 0.325 e. The normalized spacial score (nSPS) is 10.8. The van der Waals surface area contributed by atoms with Gasteiger partial charge in [-0.15, -0.1) is 11.3 Å². The summed E-state index contributed by atoms with van der Waals surface area (Å²) in [6, 6.07) is 9.13. The molecule has 1 amide bonds. The second kappa shape index (κ2) is 7.02. The fourth-order valence-electron chi connectivity index (χ4n) is 2.08. The number of halogens is 1. The molecule has 6 nitrogen and oxygen atoms in total. The summed E-state index contributed by atoms with van der Waals surface area (Å²) >= 11 is 7.50. The molecule has 0 aliphatic heterocycles. The molecule has 0 aliphatic rings. The Labute approximate surface area is 146 Å². The largest absolute Gasteiger partial charge is 0.458 e. The van der Waals surface area contributed by atoms with Crippen molar-refractivity contribution < 1.29 is 18.8 Å². The Morgan fingerprint density at radius 3 is 2.88 bits per heavy atom. The molecule has 0 saturated heterocycles. The molecule has 8 heteroatoms. The van der Waals surface area contributed by atoms with Crippen molar-refractivity contribution >= 4 is 44.9 Å². The first-order chi connectivity index (χ1) is 11.5. The van der Waals surface area contributed by atoms with Gasteiger partial charge in [-0.1, -0.05) is 35.0 Å². The second-order valence-electron chi connectivity index (χ2n) is 5.01. The van der Waals surface area contributed by atoms with Crippen molar-refractivity contribution in [3.05, 3.63) is 51.7 Å². The van der Waals surface area contributed by atoms with Crippen LogP contribution >= 0.6 is 22.9 Å². The summed E-state index contributed by atoms with van der Waals surface area (Å²) in [5.41, 5.74) is 0.514. The smallest absolute Gasteiger partial charge is 0.325 e. The Hall–Kier alpha value is -2.38. The molecule has 0 aliphatic carbocycles. The molecule has 0 spiro atoms. The standard InChI is InChI=1S/C16H13ClN2O4S/c1-9-6-10(19-23-9)8-22-13(20)7-18-16(21)15-14(17)11-4-2-3-5-12(11)24-15/h2-6H,7-8H2,1H3,(H,18,21). The van der Waals surface area contributed by atoms with Gasteiger partial charge in [-0.25, -0.2) is 0 Å². The van der Waals surface area contributed by atoms with Crippen LogP contribution in [-0.2, 0) is 16.1 Å². The molecule has 0 bridgehead atoms. The zero-order chi connectivity index (χ0) is 17.1. The first-order valence-corrected chi connectivity index (χ1v) is 8.27. The van der Waals surface area contributed by atoms with Gasteiger partial charge in [-0.2, -0.15) is 0 Å². The number of amides is 1. The Balaban J connectivity index is 1.56. The number of nitrogens with zero attached hydrogens (tertiary/aromatic N) is 1. The topological polar surface area (TPSA) is 81.4 Å². The van der Waals surface area contributed by atoms with Gasteiger partial charge in [0, 0.05) is 16.2 Å². The lowest BCUT2D eigenvalue weighted by Gasteiger charge is -2.04. The Morgan fingerprint density at radius 2 is 2.17 bits per heavy atom. The molecule has 124 valence electrons. The lowest BCUT2D eigenvalue weighted by molar-refractivity contribution is -0.143. The van der Waals surface area contributed by atoms with Crippen molar-refractivity contribution in [2.75, 3.05) is 6.54 Å². The van der Waals surface area contributed by atoms with E-state index in [-0.39, 0.29) is 13.2 Å². The Morgan fingerprint density at radius 1 is 1.38 bits per heavy atom. The molecule has 1 N–H and O–H groups in total. The lowest BCUT2D eigenvalue weighted by atomic mass is 10.2. The first-order valence-electron chi connectivity index (χ1n) is 7.07. The molecular formula is C16H13ClN2O4S. The lowest BCUT2D eigenvalue weighted by Crippen LogP contribution is -2.30. The number of nitrogens with one attached hydrogen (secondary N) is 1. The summed E-state index contributed by atoms with van der Waals surface area (Å²) in [6.07, 6.45) is 0. The van der Waals surface area contributed by atoms with Gasteiger partial charge in [-0.05, 0) is 13.0 Å². The van der Waals surface area contributed by atoms with Gasteiger partial charge in [0.25, 0.3) is 5.91 Å². The van der Waals surface area contributed by atoms with E-state index in [1.165, 1.54) is 11.3 Å². The number of aromatic nitrogens is 1. The highest BCUT2D eigenvalue weighted by Crippen LogP contribution is 2.34. The van der Waals surface area contributed by atoms with Gasteiger partial charge in [0.05, 0.1) is 5.02 Å². The summed E-state index contributed by atoms with van der Waals surface area (Å²) in [7, 11) is 0. The molecule has 2 heterocycles. The summed E-state index contributed by atoms with van der Waals surface area (Å²) < 4.78 is 10.8. The van der Waals surface area contributed by atoms with Crippen LogP contribution in [0.15, 0.2) is 34.9 Å². The Kier molecular flexibility index (Phi) is 4.82. The van der Waals surface area contributed by atoms with Crippen molar-refractivity contribution in [1.29, 1.82) is 0 Å². The van der Waals surface area contributed by atoms with Crippen LogP contribution in [0.2, 0.25) is 5.02 Å². The minimum atomic E-state index is -0.568. The quantitative estimate of drug-likeness (QED) is 0.702. The van der Waals surface area contributed by atoms with E-state index in [1.54, 1.807) is 13.0 Å². The number of hydrogen-bond donors (Lipinski definition) is 1. The fourth-order valence-corrected chi connectivity index (χ4v) is 3.52. The zero-order valence-electron chi connectivity index (χ0n) is 12.7. The van der Waals surface area contributed by atoms with Crippen LogP contribution in [0.4, 0.5) is 0 Å². The van der Waals surface area contributed by atoms with Crippen molar-refractivity contribution in [3.8, 4) is 0 Å². The van der Waals surface area contributed by atoms with Crippen LogP contribution in [-0.4, -0.2) is 23.6 Å². The van der Waals surface area contributed by atoms with Crippen molar-refractivity contribution in [2.24, 2.45) is 0 Å². The van der Waals surface area contributed by atoms with E-state index in [2.05, 4.69) is 10.5 Å². The van der Waals surface area contributed by atoms with Crippen molar-refractivity contribution in [1.82, 2.24) is 10.5 Å². The summed E-state index contributed by atoms with van der Waals surface area (Å²) in [5.74, 6) is -0.342. The maximum atomic E-state index is 12.2. The van der Waals surface area contributed by atoms with Crippen molar-refractivity contribution in [2.45, 2.75) is 13.5 Å². The number of rotatable bonds is 5. The van der Waals surface area contributed by atoms with Crippen LogP contribution < -0.4 is 5.32 Å². The summed E-state index contributed by atoms with van der Waals surface area (Å²) in [6.45, 7) is 1.49. The van der Waals surface area contributed by atoms with Gasteiger partial charge in [-0.3, -0.25) is 9.59 Å². The van der Waals surface area contributed by atoms with Gasteiger partial charge in [0.2, 0.25) is 0 Å². The van der Waals surface area contributed by atoms with E-state index < -0.39 is 11.9 Å².